The molecule has 0 bridgehead atoms. The normalized spacial score (nSPS) is 13.6. The molecular weight excluding hydrogens is 124 g/mol. The van der Waals surface area contributed by atoms with Crippen LogP contribution in [0.1, 0.15) is 11.1 Å². The predicted molar refractivity (Wildman–Crippen MR) is 41.1 cm³/mol. The van der Waals surface area contributed by atoms with E-state index in [1.54, 1.807) is 6.20 Å². The maximum absolute atomic E-state index is 5.59. The molecule has 1 heterocycles. The van der Waals surface area contributed by atoms with E-state index in [4.69, 9.17) is 5.73 Å². The summed E-state index contributed by atoms with van der Waals surface area (Å²) < 4.78 is 0. The average Bonchev–Trinajstić information content (AvgIpc) is 2.36. The number of nitrogen functional groups attached to an aromatic ring is 1. The predicted octanol–water partition coefficient (Wildman–Crippen LogP) is 1.24. The summed E-state index contributed by atoms with van der Waals surface area (Å²) in [4.78, 5) is 3.96. The number of anilines is 1. The van der Waals surface area contributed by atoms with Crippen molar-refractivity contribution in [2.24, 2.45) is 0 Å². The Balaban J connectivity index is 2.67. The highest BCUT2D eigenvalue weighted by molar-refractivity contribution is 5.72. The summed E-state index contributed by atoms with van der Waals surface area (Å²) in [5.41, 5.74) is 7.79. The number of hydrogen-bond donors (Lipinski definition) is 1. The van der Waals surface area contributed by atoms with Gasteiger partial charge in [-0.05, 0) is 11.6 Å². The summed E-state index contributed by atoms with van der Waals surface area (Å²) in [6.07, 6.45) is 7.69. The summed E-state index contributed by atoms with van der Waals surface area (Å²) >= 11 is 0. The van der Waals surface area contributed by atoms with E-state index in [1.165, 1.54) is 0 Å². The van der Waals surface area contributed by atoms with Gasteiger partial charge in [-0.2, -0.15) is 0 Å². The highest BCUT2D eigenvalue weighted by atomic mass is 14.8. The molecule has 0 saturated carbocycles. The van der Waals surface area contributed by atoms with Crippen molar-refractivity contribution in [1.29, 1.82) is 0 Å². The van der Waals surface area contributed by atoms with Crippen LogP contribution in [0.4, 0.5) is 5.82 Å². The van der Waals surface area contributed by atoms with Gasteiger partial charge >= 0.3 is 0 Å². The van der Waals surface area contributed by atoms with Gasteiger partial charge in [-0.3, -0.25) is 0 Å². The van der Waals surface area contributed by atoms with Crippen molar-refractivity contribution in [3.05, 3.63) is 35.9 Å². The van der Waals surface area contributed by atoms with Crippen molar-refractivity contribution in [1.82, 2.24) is 4.98 Å². The lowest BCUT2D eigenvalue weighted by molar-refractivity contribution is 1.31. The van der Waals surface area contributed by atoms with Crippen LogP contribution in [0.5, 0.6) is 0 Å². The number of pyridine rings is 1. The van der Waals surface area contributed by atoms with Crippen LogP contribution in [0.2, 0.25) is 0 Å². The molecule has 0 atom stereocenters. The molecule has 2 nitrogen and oxygen atoms in total. The van der Waals surface area contributed by atoms with E-state index >= 15 is 0 Å². The van der Waals surface area contributed by atoms with Crippen molar-refractivity contribution in [3.63, 3.8) is 0 Å². The van der Waals surface area contributed by atoms with Crippen molar-refractivity contribution in [2.75, 3.05) is 5.73 Å². The van der Waals surface area contributed by atoms with Crippen molar-refractivity contribution < 1.29 is 0 Å². The van der Waals surface area contributed by atoms with Gasteiger partial charge in [0.2, 0.25) is 0 Å². The molecule has 49 valence electrons. The van der Waals surface area contributed by atoms with E-state index in [-0.39, 0.29) is 0 Å². The lowest BCUT2D eigenvalue weighted by atomic mass is 10.2. The van der Waals surface area contributed by atoms with E-state index < -0.39 is 0 Å². The fourth-order valence-corrected chi connectivity index (χ4v) is 1.08. The molecule has 0 aromatic carbocycles. The Morgan fingerprint density at radius 2 is 2.30 bits per heavy atom. The second kappa shape index (κ2) is 1.84. The van der Waals surface area contributed by atoms with E-state index in [1.807, 2.05) is 24.6 Å². The molecule has 10 heavy (non-hydrogen) atoms. The topological polar surface area (TPSA) is 38.9 Å². The van der Waals surface area contributed by atoms with Gasteiger partial charge < -0.3 is 5.73 Å². The minimum absolute atomic E-state index is 0.613. The van der Waals surface area contributed by atoms with E-state index in [9.17, 15) is 0 Å². The number of allylic oxidation sites excluding steroid dienone is 1. The van der Waals surface area contributed by atoms with Crippen LogP contribution in [0.3, 0.4) is 0 Å². The molecule has 1 aliphatic carbocycles. The van der Waals surface area contributed by atoms with Crippen molar-refractivity contribution in [3.8, 4) is 0 Å². The summed E-state index contributed by atoms with van der Waals surface area (Å²) in [5, 5.41) is 0. The fraction of sp³-hybridized carbons (Fsp3) is 0. The Bertz CT molecular complexity index is 289. The number of aromatic nitrogens is 1. The Labute approximate surface area is 59.4 Å². The zero-order chi connectivity index (χ0) is 6.97. The smallest absolute Gasteiger partial charge is 0.130 e. The molecule has 1 aromatic heterocycles. The van der Waals surface area contributed by atoms with Crippen LogP contribution >= 0.6 is 0 Å². The first kappa shape index (κ1) is 5.47. The fourth-order valence-electron chi connectivity index (χ4n) is 1.08. The minimum Gasteiger partial charge on any atom is -0.383 e. The van der Waals surface area contributed by atoms with Gasteiger partial charge in [-0.15, -0.1) is 0 Å². The number of fused-ring (bicyclic) bond motifs is 1. The zero-order valence-corrected chi connectivity index (χ0v) is 5.41. The van der Waals surface area contributed by atoms with Crippen LogP contribution in [0.25, 0.3) is 6.08 Å². The molecule has 0 saturated heterocycles. The summed E-state index contributed by atoms with van der Waals surface area (Å²) in [7, 11) is 0. The summed E-state index contributed by atoms with van der Waals surface area (Å²) in [6.45, 7) is 0. The molecule has 2 N–H and O–H groups in total. The van der Waals surface area contributed by atoms with Crippen LogP contribution in [0.15, 0.2) is 18.3 Å². The van der Waals surface area contributed by atoms with Crippen molar-refractivity contribution in [2.45, 2.75) is 0 Å². The molecule has 0 aliphatic heterocycles. The maximum atomic E-state index is 5.59. The van der Waals surface area contributed by atoms with Crippen LogP contribution in [-0.2, 0) is 0 Å². The quantitative estimate of drug-likeness (QED) is 0.575. The second-order valence-corrected chi connectivity index (χ2v) is 2.22. The Kier molecular flexibility index (Phi) is 1.01. The molecule has 0 fully saturated rings. The first-order chi connectivity index (χ1) is 4.88. The van der Waals surface area contributed by atoms with Gasteiger partial charge in [0.1, 0.15) is 5.82 Å². The van der Waals surface area contributed by atoms with Crippen LogP contribution < -0.4 is 5.73 Å². The summed E-state index contributed by atoms with van der Waals surface area (Å²) in [5.74, 6) is 0.613. The second-order valence-electron chi connectivity index (χ2n) is 2.22. The molecule has 2 rings (SSSR count). The number of hydrogen-bond acceptors (Lipinski definition) is 2. The Morgan fingerprint density at radius 3 is 3.10 bits per heavy atom. The molecule has 2 heteroatoms. The number of nitrogens with two attached hydrogens (primary N) is 1. The lowest BCUT2D eigenvalue weighted by Crippen LogP contribution is -1.93. The van der Waals surface area contributed by atoms with Gasteiger partial charge in [0.15, 0.2) is 0 Å². The Hall–Kier alpha value is -1.31. The SMILES string of the molecule is Nc1nccc2c1C=C[CH]2. The molecule has 0 unspecified atom stereocenters. The first-order valence-corrected chi connectivity index (χ1v) is 3.14. The van der Waals surface area contributed by atoms with E-state index in [0.29, 0.717) is 5.82 Å². The summed E-state index contributed by atoms with van der Waals surface area (Å²) in [6, 6.07) is 1.95. The molecule has 0 amide bonds. The third kappa shape index (κ3) is 0.620. The van der Waals surface area contributed by atoms with Crippen molar-refractivity contribution >= 4 is 11.9 Å². The third-order valence-electron chi connectivity index (χ3n) is 1.59. The minimum atomic E-state index is 0.613. The molecular formula is C8H7N2. The lowest BCUT2D eigenvalue weighted by Gasteiger charge is -1.98. The molecule has 1 aromatic rings. The highest BCUT2D eigenvalue weighted by Crippen LogP contribution is 2.23. The zero-order valence-electron chi connectivity index (χ0n) is 5.41. The molecule has 1 radical (unpaired) electrons. The highest BCUT2D eigenvalue weighted by Gasteiger charge is 2.07. The molecule has 0 spiro atoms. The maximum Gasteiger partial charge on any atom is 0.130 e. The van der Waals surface area contributed by atoms with E-state index in [2.05, 4.69) is 4.98 Å². The standard InChI is InChI=1S/C8H7N2/c9-8-7-3-1-2-6(7)4-5-10-8/h1-5H,(H2,9,10). The van der Waals surface area contributed by atoms with Gasteiger partial charge in [0.05, 0.1) is 0 Å². The van der Waals surface area contributed by atoms with Crippen LogP contribution in [0, 0.1) is 6.42 Å². The monoisotopic (exact) mass is 131 g/mol. The van der Waals surface area contributed by atoms with Crippen LogP contribution in [-0.4, -0.2) is 4.98 Å². The van der Waals surface area contributed by atoms with E-state index in [0.717, 1.165) is 11.1 Å². The van der Waals surface area contributed by atoms with Gasteiger partial charge in [0, 0.05) is 18.2 Å². The average molecular weight is 131 g/mol. The van der Waals surface area contributed by atoms with Gasteiger partial charge in [-0.25, -0.2) is 4.98 Å². The number of rotatable bonds is 0. The molecule has 1 aliphatic rings. The Morgan fingerprint density at radius 1 is 1.40 bits per heavy atom. The largest absolute Gasteiger partial charge is 0.383 e. The number of nitrogens with zero attached hydrogens (tertiary/aromatic N) is 1. The first-order valence-electron chi connectivity index (χ1n) is 3.14. The van der Waals surface area contributed by atoms with Gasteiger partial charge in [-0.1, -0.05) is 12.2 Å². The third-order valence-corrected chi connectivity index (χ3v) is 1.59. The van der Waals surface area contributed by atoms with Gasteiger partial charge in [0.25, 0.3) is 0 Å².